The lowest BCUT2D eigenvalue weighted by Crippen LogP contribution is -2.74. The van der Waals surface area contributed by atoms with Crippen LogP contribution >= 0.6 is 0 Å². The molecule has 272 valence electrons. The van der Waals surface area contributed by atoms with Crippen LogP contribution in [0, 0.1) is 0 Å². The molecule has 0 amide bonds. The average Bonchev–Trinajstić information content (AvgIpc) is 3.96. The van der Waals surface area contributed by atoms with Crippen molar-refractivity contribution in [2.45, 2.75) is 0 Å². The highest BCUT2D eigenvalue weighted by Crippen LogP contribution is 2.40. The number of rotatable bonds is 6. The Morgan fingerprint density at radius 3 is 1.33 bits per heavy atom. The number of nitrogens with zero attached hydrogens (tertiary/aromatic N) is 2. The van der Waals surface area contributed by atoms with Crippen molar-refractivity contribution in [2.75, 3.05) is 0 Å². The van der Waals surface area contributed by atoms with E-state index in [0.717, 1.165) is 44.3 Å². The fourth-order valence-electron chi connectivity index (χ4n) is 9.83. The molecule has 0 N–H and O–H groups in total. The maximum Gasteiger partial charge on any atom is 0.179 e. The summed E-state index contributed by atoms with van der Waals surface area (Å²) in [7, 11) is -2.99. The first-order valence-corrected chi connectivity index (χ1v) is 21.9. The zero-order valence-corrected chi connectivity index (χ0v) is 32.6. The monoisotopic (exact) mass is 756 g/mol. The van der Waals surface area contributed by atoms with Crippen LogP contribution in [0.25, 0.3) is 76.9 Å². The third-order valence-electron chi connectivity index (χ3n) is 12.2. The lowest BCUT2D eigenvalue weighted by Gasteiger charge is -2.35. The number of fused-ring (bicyclic) bond motifs is 10. The van der Waals surface area contributed by atoms with Crippen LogP contribution in [0.1, 0.15) is 0 Å². The standard InChI is InChI=1S/C54H36N2OSi/c1-3-19-39(20-4-1)58(40-21-5-2-6-22-40,41-23-15-17-37(35-41)55-49-29-11-7-25-43(49)44-26-8-12-30-50(44)55)42-24-16-18-38(36-42)56-51-31-13-9-27-45(51)47-33-34-48-46-28-10-14-32-52(46)57-54(48)53(47)56/h1-36H. The first-order valence-electron chi connectivity index (χ1n) is 19.9. The minimum atomic E-state index is -2.99. The summed E-state index contributed by atoms with van der Waals surface area (Å²) in [6.45, 7) is 0. The first-order chi connectivity index (χ1) is 28.8. The van der Waals surface area contributed by atoms with Gasteiger partial charge in [0.1, 0.15) is 5.58 Å². The van der Waals surface area contributed by atoms with Gasteiger partial charge in [-0.1, -0.05) is 164 Å². The van der Waals surface area contributed by atoms with Crippen molar-refractivity contribution in [1.29, 1.82) is 0 Å². The molecule has 0 bridgehead atoms. The van der Waals surface area contributed by atoms with E-state index >= 15 is 0 Å². The molecule has 0 saturated heterocycles. The van der Waals surface area contributed by atoms with Crippen LogP contribution in [0.15, 0.2) is 223 Å². The van der Waals surface area contributed by atoms with Crippen LogP contribution in [-0.2, 0) is 0 Å². The Labute approximate surface area is 336 Å². The molecule has 58 heavy (non-hydrogen) atoms. The lowest BCUT2D eigenvalue weighted by molar-refractivity contribution is 0.671. The number of para-hydroxylation sites is 4. The molecule has 0 fully saturated rings. The normalized spacial score (nSPS) is 12.1. The van der Waals surface area contributed by atoms with E-state index in [1.54, 1.807) is 0 Å². The fraction of sp³-hybridized carbons (Fsp3) is 0. The van der Waals surface area contributed by atoms with Crippen molar-refractivity contribution in [3.05, 3.63) is 218 Å². The van der Waals surface area contributed by atoms with Gasteiger partial charge in [-0.15, -0.1) is 0 Å². The Hall–Kier alpha value is -7.40. The Morgan fingerprint density at radius 1 is 0.310 bits per heavy atom. The van der Waals surface area contributed by atoms with Gasteiger partial charge in [0.25, 0.3) is 0 Å². The number of hydrogen-bond acceptors (Lipinski definition) is 1. The smallest absolute Gasteiger partial charge is 0.179 e. The fourth-order valence-corrected chi connectivity index (χ4v) is 14.6. The van der Waals surface area contributed by atoms with Gasteiger partial charge in [-0.25, -0.2) is 0 Å². The molecule has 0 atom stereocenters. The summed E-state index contributed by atoms with van der Waals surface area (Å²) >= 11 is 0. The molecule has 3 nitrogen and oxygen atoms in total. The summed E-state index contributed by atoms with van der Waals surface area (Å²) < 4.78 is 11.6. The summed E-state index contributed by atoms with van der Waals surface area (Å²) in [5, 5.41) is 12.5. The number of aromatic nitrogens is 2. The number of furan rings is 1. The number of benzene rings is 9. The maximum atomic E-state index is 6.76. The molecule has 0 aliphatic rings. The van der Waals surface area contributed by atoms with Gasteiger partial charge < -0.3 is 13.6 Å². The minimum absolute atomic E-state index is 0.901. The van der Waals surface area contributed by atoms with E-state index < -0.39 is 8.07 Å². The molecule has 12 rings (SSSR count). The molecular weight excluding hydrogens is 721 g/mol. The zero-order valence-electron chi connectivity index (χ0n) is 31.6. The highest BCUT2D eigenvalue weighted by Gasteiger charge is 2.42. The van der Waals surface area contributed by atoms with Crippen molar-refractivity contribution in [3.8, 4) is 11.4 Å². The highest BCUT2D eigenvalue weighted by atomic mass is 28.3. The van der Waals surface area contributed by atoms with Crippen molar-refractivity contribution in [2.24, 2.45) is 0 Å². The van der Waals surface area contributed by atoms with Crippen molar-refractivity contribution >= 4 is 94.4 Å². The molecule has 0 spiro atoms. The van der Waals surface area contributed by atoms with E-state index in [1.807, 2.05) is 0 Å². The Kier molecular flexibility index (Phi) is 7.25. The second-order valence-corrected chi connectivity index (χ2v) is 19.1. The zero-order chi connectivity index (χ0) is 38.2. The number of hydrogen-bond donors (Lipinski definition) is 0. The van der Waals surface area contributed by atoms with Crippen LogP contribution in [0.2, 0.25) is 0 Å². The molecule has 12 aromatic rings. The topological polar surface area (TPSA) is 23.0 Å². The quantitative estimate of drug-likeness (QED) is 0.122. The van der Waals surface area contributed by atoms with Gasteiger partial charge in [0, 0.05) is 43.7 Å². The Morgan fingerprint density at radius 2 is 0.741 bits per heavy atom. The van der Waals surface area contributed by atoms with E-state index in [0.29, 0.717) is 0 Å². The average molecular weight is 757 g/mol. The van der Waals surface area contributed by atoms with Gasteiger partial charge in [-0.3, -0.25) is 0 Å². The minimum Gasteiger partial charge on any atom is -0.454 e. The van der Waals surface area contributed by atoms with Crippen LogP contribution < -0.4 is 20.7 Å². The molecule has 0 saturated carbocycles. The maximum absolute atomic E-state index is 6.76. The van der Waals surface area contributed by atoms with E-state index in [1.165, 1.54) is 53.3 Å². The second-order valence-electron chi connectivity index (χ2n) is 15.2. The van der Waals surface area contributed by atoms with Gasteiger partial charge in [-0.2, -0.15) is 0 Å². The molecule has 0 radical (unpaired) electrons. The highest BCUT2D eigenvalue weighted by molar-refractivity contribution is 7.20. The van der Waals surface area contributed by atoms with Gasteiger partial charge in [-0.05, 0) is 75.3 Å². The third kappa shape index (κ3) is 4.67. The van der Waals surface area contributed by atoms with Gasteiger partial charge >= 0.3 is 0 Å². The Balaban J connectivity index is 1.17. The van der Waals surface area contributed by atoms with E-state index in [4.69, 9.17) is 4.42 Å². The SMILES string of the molecule is c1ccc([Si](c2ccccc2)(c2cccc(-n3c4ccccc4c4ccccc43)c2)c2cccc(-n3c4ccccc4c4ccc5c6ccccc6oc5c43)c2)cc1. The van der Waals surface area contributed by atoms with Crippen LogP contribution in [0.4, 0.5) is 0 Å². The molecule has 3 heterocycles. The summed E-state index contributed by atoms with van der Waals surface area (Å²) in [6, 6.07) is 80.3. The largest absolute Gasteiger partial charge is 0.454 e. The van der Waals surface area contributed by atoms with Crippen LogP contribution in [0.5, 0.6) is 0 Å². The lowest BCUT2D eigenvalue weighted by atomic mass is 10.1. The molecule has 4 heteroatoms. The summed E-state index contributed by atoms with van der Waals surface area (Å²) in [5.41, 5.74) is 8.74. The second kappa shape index (κ2) is 12.8. The van der Waals surface area contributed by atoms with Crippen LogP contribution in [0.3, 0.4) is 0 Å². The molecule has 0 aliphatic heterocycles. The van der Waals surface area contributed by atoms with Crippen molar-refractivity contribution in [1.82, 2.24) is 9.13 Å². The van der Waals surface area contributed by atoms with Gasteiger partial charge in [0.15, 0.2) is 13.7 Å². The van der Waals surface area contributed by atoms with Crippen LogP contribution in [-0.4, -0.2) is 17.2 Å². The summed E-state index contributed by atoms with van der Waals surface area (Å²) in [6.07, 6.45) is 0. The van der Waals surface area contributed by atoms with E-state index in [-0.39, 0.29) is 0 Å². The molecule has 0 unspecified atom stereocenters. The van der Waals surface area contributed by atoms with Crippen molar-refractivity contribution < 1.29 is 4.42 Å². The third-order valence-corrected chi connectivity index (χ3v) is 17.0. The summed E-state index contributed by atoms with van der Waals surface area (Å²) in [5.74, 6) is 0. The molecule has 9 aromatic carbocycles. The van der Waals surface area contributed by atoms with E-state index in [2.05, 4.69) is 228 Å². The molecule has 3 aromatic heterocycles. The predicted octanol–water partition coefficient (Wildman–Crippen LogP) is 11.2. The van der Waals surface area contributed by atoms with E-state index in [9.17, 15) is 0 Å². The Bertz CT molecular complexity index is 3430. The predicted molar refractivity (Wildman–Crippen MR) is 246 cm³/mol. The first kappa shape index (κ1) is 32.8. The molecular formula is C54H36N2OSi. The summed E-state index contributed by atoms with van der Waals surface area (Å²) in [4.78, 5) is 0. The van der Waals surface area contributed by atoms with Gasteiger partial charge in [0.2, 0.25) is 0 Å². The van der Waals surface area contributed by atoms with Gasteiger partial charge in [0.05, 0.1) is 22.1 Å². The van der Waals surface area contributed by atoms with Crippen molar-refractivity contribution in [3.63, 3.8) is 0 Å². The molecule has 0 aliphatic carbocycles.